The number of primary amides is 1. The van der Waals surface area contributed by atoms with Gasteiger partial charge in [-0.3, -0.25) is 4.79 Å². The van der Waals surface area contributed by atoms with E-state index in [1.54, 1.807) is 0 Å². The van der Waals surface area contributed by atoms with Crippen molar-refractivity contribution >= 4 is 5.91 Å². The Labute approximate surface area is 62.8 Å². The summed E-state index contributed by atoms with van der Waals surface area (Å²) in [5.74, 6) is 0.313. The maximum atomic E-state index is 10.7. The largest absolute Gasteiger partial charge is 0.369 e. The molecule has 1 rings (SSSR count). The molecular weight excluding hydrogens is 126 g/mol. The first kappa shape index (κ1) is 9.47. The highest BCUT2D eigenvalue weighted by molar-refractivity contribution is 5.83. The van der Waals surface area contributed by atoms with Crippen LogP contribution >= 0.6 is 0 Å². The van der Waals surface area contributed by atoms with E-state index >= 15 is 0 Å². The van der Waals surface area contributed by atoms with Gasteiger partial charge in [0.2, 0.25) is 5.91 Å². The lowest BCUT2D eigenvalue weighted by molar-refractivity contribution is -0.124. The number of hydrogen-bond donors (Lipinski definition) is 1. The van der Waals surface area contributed by atoms with E-state index in [4.69, 9.17) is 5.73 Å². The van der Waals surface area contributed by atoms with E-state index in [9.17, 15) is 4.79 Å². The van der Waals surface area contributed by atoms with Crippen LogP contribution < -0.4 is 5.73 Å². The molecule has 0 aromatic heterocycles. The van der Waals surface area contributed by atoms with Crippen LogP contribution in [-0.4, -0.2) is 5.91 Å². The summed E-state index contributed by atoms with van der Waals surface area (Å²) in [7, 11) is 0. The van der Waals surface area contributed by atoms with Gasteiger partial charge in [0.05, 0.1) is 5.41 Å². The third kappa shape index (κ3) is 1.15. The smallest absolute Gasteiger partial charge is 0.223 e. The Balaban J connectivity index is 0.000000810. The molecule has 60 valence electrons. The standard InChI is InChI=1S/C7H13NO.CH4/c1-5(2)7(3-4-7)6(8)9;/h5H,3-4H2,1-2H3,(H2,8,9);1H4. The Bertz CT molecular complexity index is 136. The lowest BCUT2D eigenvalue weighted by Gasteiger charge is -2.13. The minimum absolute atomic E-state index is 0. The number of rotatable bonds is 2. The topological polar surface area (TPSA) is 43.1 Å². The zero-order valence-electron chi connectivity index (χ0n) is 5.98. The molecule has 0 unspecified atom stereocenters. The quantitative estimate of drug-likeness (QED) is 0.626. The molecular formula is C8H17NO. The summed E-state index contributed by atoms with van der Waals surface area (Å²) in [6.45, 7) is 4.11. The Morgan fingerprint density at radius 1 is 1.50 bits per heavy atom. The molecule has 1 saturated carbocycles. The molecule has 0 aromatic rings. The van der Waals surface area contributed by atoms with E-state index < -0.39 is 0 Å². The fourth-order valence-electron chi connectivity index (χ4n) is 1.24. The number of carbonyl (C=O) groups excluding carboxylic acids is 1. The van der Waals surface area contributed by atoms with Crippen LogP contribution in [0.3, 0.4) is 0 Å². The molecule has 1 fully saturated rings. The van der Waals surface area contributed by atoms with Crippen LogP contribution in [0.15, 0.2) is 0 Å². The lowest BCUT2D eigenvalue weighted by Crippen LogP contribution is -2.28. The van der Waals surface area contributed by atoms with Crippen molar-refractivity contribution in [2.24, 2.45) is 17.1 Å². The van der Waals surface area contributed by atoms with E-state index in [1.807, 2.05) is 0 Å². The van der Waals surface area contributed by atoms with Crippen molar-refractivity contribution in [2.75, 3.05) is 0 Å². The summed E-state index contributed by atoms with van der Waals surface area (Å²) in [5, 5.41) is 0. The fourth-order valence-corrected chi connectivity index (χ4v) is 1.24. The molecule has 0 aliphatic heterocycles. The number of carbonyl (C=O) groups is 1. The zero-order valence-corrected chi connectivity index (χ0v) is 5.98. The van der Waals surface area contributed by atoms with Crippen molar-refractivity contribution in [1.82, 2.24) is 0 Å². The molecule has 1 aliphatic carbocycles. The molecule has 0 aromatic carbocycles. The molecule has 1 aliphatic rings. The molecule has 0 atom stereocenters. The van der Waals surface area contributed by atoms with Crippen LogP contribution in [0.2, 0.25) is 0 Å². The van der Waals surface area contributed by atoms with Gasteiger partial charge >= 0.3 is 0 Å². The first-order valence-electron chi connectivity index (χ1n) is 3.39. The lowest BCUT2D eigenvalue weighted by atomic mass is 9.92. The van der Waals surface area contributed by atoms with Gasteiger partial charge in [0, 0.05) is 0 Å². The molecule has 2 heteroatoms. The Hall–Kier alpha value is -0.530. The normalized spacial score (nSPS) is 19.9. The predicted molar refractivity (Wildman–Crippen MR) is 42.4 cm³/mol. The van der Waals surface area contributed by atoms with Crippen LogP contribution in [0.4, 0.5) is 0 Å². The minimum Gasteiger partial charge on any atom is -0.369 e. The maximum Gasteiger partial charge on any atom is 0.223 e. The van der Waals surface area contributed by atoms with Crippen molar-refractivity contribution in [2.45, 2.75) is 34.1 Å². The van der Waals surface area contributed by atoms with Gasteiger partial charge in [-0.2, -0.15) is 0 Å². The molecule has 10 heavy (non-hydrogen) atoms. The molecule has 1 amide bonds. The van der Waals surface area contributed by atoms with Crippen molar-refractivity contribution < 1.29 is 4.79 Å². The third-order valence-corrected chi connectivity index (χ3v) is 2.38. The van der Waals surface area contributed by atoms with Crippen LogP contribution in [0, 0.1) is 11.3 Å². The van der Waals surface area contributed by atoms with E-state index in [-0.39, 0.29) is 18.7 Å². The summed E-state index contributed by atoms with van der Waals surface area (Å²) < 4.78 is 0. The molecule has 0 spiro atoms. The molecule has 0 radical (unpaired) electrons. The zero-order chi connectivity index (χ0) is 7.07. The Kier molecular flexibility index (Phi) is 2.47. The minimum atomic E-state index is -0.113. The van der Waals surface area contributed by atoms with Gasteiger partial charge in [-0.05, 0) is 18.8 Å². The van der Waals surface area contributed by atoms with E-state index in [0.717, 1.165) is 12.8 Å². The summed E-state index contributed by atoms with van der Waals surface area (Å²) in [4.78, 5) is 10.7. The Morgan fingerprint density at radius 2 is 1.90 bits per heavy atom. The average molecular weight is 143 g/mol. The first-order valence-corrected chi connectivity index (χ1v) is 3.39. The second-order valence-corrected chi connectivity index (χ2v) is 3.18. The number of nitrogens with two attached hydrogens (primary N) is 1. The summed E-state index contributed by atoms with van der Waals surface area (Å²) in [6, 6.07) is 0. The summed E-state index contributed by atoms with van der Waals surface area (Å²) in [6.07, 6.45) is 2.00. The van der Waals surface area contributed by atoms with Gasteiger partial charge in [-0.15, -0.1) is 0 Å². The van der Waals surface area contributed by atoms with Crippen molar-refractivity contribution in [3.63, 3.8) is 0 Å². The van der Waals surface area contributed by atoms with Gasteiger partial charge in [0.15, 0.2) is 0 Å². The van der Waals surface area contributed by atoms with E-state index in [2.05, 4.69) is 13.8 Å². The summed E-state index contributed by atoms with van der Waals surface area (Å²) in [5.41, 5.74) is 5.08. The van der Waals surface area contributed by atoms with Gasteiger partial charge in [-0.25, -0.2) is 0 Å². The first-order chi connectivity index (χ1) is 4.09. The number of hydrogen-bond acceptors (Lipinski definition) is 1. The van der Waals surface area contributed by atoms with Crippen LogP contribution in [0.5, 0.6) is 0 Å². The molecule has 0 saturated heterocycles. The van der Waals surface area contributed by atoms with E-state index in [1.165, 1.54) is 0 Å². The van der Waals surface area contributed by atoms with Crippen LogP contribution in [0.1, 0.15) is 34.1 Å². The highest BCUT2D eigenvalue weighted by Gasteiger charge is 2.50. The summed E-state index contributed by atoms with van der Waals surface area (Å²) >= 11 is 0. The molecule has 2 nitrogen and oxygen atoms in total. The SMILES string of the molecule is C.CC(C)C1(C(N)=O)CC1. The molecule has 0 heterocycles. The van der Waals surface area contributed by atoms with E-state index in [0.29, 0.717) is 5.92 Å². The van der Waals surface area contributed by atoms with Gasteiger partial charge in [-0.1, -0.05) is 21.3 Å². The fraction of sp³-hybridized carbons (Fsp3) is 0.875. The van der Waals surface area contributed by atoms with Crippen molar-refractivity contribution in [1.29, 1.82) is 0 Å². The van der Waals surface area contributed by atoms with Crippen LogP contribution in [0.25, 0.3) is 0 Å². The van der Waals surface area contributed by atoms with Gasteiger partial charge < -0.3 is 5.73 Å². The second-order valence-electron chi connectivity index (χ2n) is 3.18. The van der Waals surface area contributed by atoms with Gasteiger partial charge in [0.1, 0.15) is 0 Å². The monoisotopic (exact) mass is 143 g/mol. The van der Waals surface area contributed by atoms with Gasteiger partial charge in [0.25, 0.3) is 0 Å². The molecule has 2 N–H and O–H groups in total. The van der Waals surface area contributed by atoms with Crippen molar-refractivity contribution in [3.8, 4) is 0 Å². The maximum absolute atomic E-state index is 10.7. The average Bonchev–Trinajstić information content (AvgIpc) is 2.40. The predicted octanol–water partition coefficient (Wildman–Crippen LogP) is 1.54. The molecule has 0 bridgehead atoms. The Morgan fingerprint density at radius 3 is 1.90 bits per heavy atom. The number of amides is 1. The second kappa shape index (κ2) is 2.60. The highest BCUT2D eigenvalue weighted by atomic mass is 16.1. The highest BCUT2D eigenvalue weighted by Crippen LogP contribution is 2.51. The third-order valence-electron chi connectivity index (χ3n) is 2.38. The van der Waals surface area contributed by atoms with Crippen LogP contribution in [-0.2, 0) is 4.79 Å². The van der Waals surface area contributed by atoms with Crippen molar-refractivity contribution in [3.05, 3.63) is 0 Å².